The van der Waals surface area contributed by atoms with Crippen LogP contribution in [0.15, 0.2) is 18.2 Å². The highest BCUT2D eigenvalue weighted by Crippen LogP contribution is 2.20. The van der Waals surface area contributed by atoms with Crippen LogP contribution in [-0.2, 0) is 6.54 Å². The maximum atomic E-state index is 10.9. The smallest absolute Gasteiger partial charge is 0.272 e. The van der Waals surface area contributed by atoms with Crippen LogP contribution in [0.4, 0.5) is 5.69 Å². The number of nitro groups is 1. The van der Waals surface area contributed by atoms with Gasteiger partial charge >= 0.3 is 0 Å². The highest BCUT2D eigenvalue weighted by molar-refractivity contribution is 5.44. The van der Waals surface area contributed by atoms with Gasteiger partial charge in [0.2, 0.25) is 0 Å². The van der Waals surface area contributed by atoms with Gasteiger partial charge in [0.15, 0.2) is 0 Å². The van der Waals surface area contributed by atoms with Crippen molar-refractivity contribution in [3.63, 3.8) is 0 Å². The van der Waals surface area contributed by atoms with Gasteiger partial charge in [-0.3, -0.25) is 15.5 Å². The van der Waals surface area contributed by atoms with Crippen LogP contribution in [0.25, 0.3) is 0 Å². The fourth-order valence-electron chi connectivity index (χ4n) is 2.22. The van der Waals surface area contributed by atoms with Crippen molar-refractivity contribution in [2.75, 3.05) is 33.2 Å². The van der Waals surface area contributed by atoms with Crippen LogP contribution in [-0.4, -0.2) is 48.1 Å². The third kappa shape index (κ3) is 3.50. The Morgan fingerprint density at radius 2 is 2.00 bits per heavy atom. The molecule has 0 aliphatic carbocycles. The zero-order chi connectivity index (χ0) is 13.8. The van der Waals surface area contributed by atoms with E-state index in [0.717, 1.165) is 37.3 Å². The molecular weight excluding hydrogens is 244 g/mol. The van der Waals surface area contributed by atoms with Crippen LogP contribution in [0.1, 0.15) is 11.1 Å². The molecule has 0 bridgehead atoms. The van der Waals surface area contributed by atoms with Crippen molar-refractivity contribution < 1.29 is 4.92 Å². The van der Waals surface area contributed by atoms with Crippen LogP contribution < -0.4 is 5.43 Å². The zero-order valence-corrected chi connectivity index (χ0v) is 11.4. The maximum absolute atomic E-state index is 10.9. The highest BCUT2D eigenvalue weighted by atomic mass is 16.6. The van der Waals surface area contributed by atoms with Gasteiger partial charge in [-0.1, -0.05) is 12.1 Å². The lowest BCUT2D eigenvalue weighted by Crippen LogP contribution is -2.50. The third-order valence-corrected chi connectivity index (χ3v) is 3.61. The van der Waals surface area contributed by atoms with E-state index >= 15 is 0 Å². The number of rotatable bonds is 4. The molecule has 6 heteroatoms. The Balaban J connectivity index is 1.96. The maximum Gasteiger partial charge on any atom is 0.272 e. The minimum Gasteiger partial charge on any atom is -0.304 e. The number of benzene rings is 1. The minimum atomic E-state index is -0.325. The van der Waals surface area contributed by atoms with E-state index in [-0.39, 0.29) is 10.6 Å². The number of nitro benzene ring substituents is 1. The van der Waals surface area contributed by atoms with E-state index in [2.05, 4.69) is 22.4 Å². The molecule has 1 aliphatic heterocycles. The fourth-order valence-corrected chi connectivity index (χ4v) is 2.22. The molecule has 0 amide bonds. The van der Waals surface area contributed by atoms with Crippen molar-refractivity contribution in [3.8, 4) is 0 Å². The van der Waals surface area contributed by atoms with Gasteiger partial charge in [-0.05, 0) is 19.5 Å². The van der Waals surface area contributed by atoms with Gasteiger partial charge in [-0.25, -0.2) is 5.01 Å². The van der Waals surface area contributed by atoms with E-state index in [0.29, 0.717) is 6.54 Å². The molecule has 1 aromatic carbocycles. The van der Waals surface area contributed by atoms with E-state index in [9.17, 15) is 10.1 Å². The van der Waals surface area contributed by atoms with Crippen molar-refractivity contribution >= 4 is 5.69 Å². The Morgan fingerprint density at radius 1 is 1.32 bits per heavy atom. The van der Waals surface area contributed by atoms with Gasteiger partial charge in [0.05, 0.1) is 4.92 Å². The van der Waals surface area contributed by atoms with E-state index in [4.69, 9.17) is 0 Å². The number of hydrogen-bond acceptors (Lipinski definition) is 5. The van der Waals surface area contributed by atoms with Gasteiger partial charge in [0, 0.05) is 44.4 Å². The van der Waals surface area contributed by atoms with Crippen molar-refractivity contribution in [2.24, 2.45) is 0 Å². The Morgan fingerprint density at radius 3 is 2.63 bits per heavy atom. The number of piperazine rings is 1. The Kier molecular flexibility index (Phi) is 4.47. The number of hydrazine groups is 1. The lowest BCUT2D eigenvalue weighted by Gasteiger charge is -2.32. The van der Waals surface area contributed by atoms with Gasteiger partial charge < -0.3 is 4.90 Å². The molecule has 104 valence electrons. The first-order valence-electron chi connectivity index (χ1n) is 6.48. The first-order valence-corrected chi connectivity index (χ1v) is 6.48. The number of hydrogen-bond donors (Lipinski definition) is 1. The third-order valence-electron chi connectivity index (χ3n) is 3.61. The summed E-state index contributed by atoms with van der Waals surface area (Å²) in [5, 5.41) is 13.1. The lowest BCUT2D eigenvalue weighted by molar-refractivity contribution is -0.385. The SMILES string of the molecule is Cc1c(CNN2CCN(C)CC2)cccc1[N+](=O)[O-]. The van der Waals surface area contributed by atoms with E-state index in [1.807, 2.05) is 6.07 Å². The average Bonchev–Trinajstić information content (AvgIpc) is 2.39. The summed E-state index contributed by atoms with van der Waals surface area (Å²) in [7, 11) is 2.11. The van der Waals surface area contributed by atoms with Crippen LogP contribution in [0.5, 0.6) is 0 Å². The van der Waals surface area contributed by atoms with Gasteiger partial charge in [0.1, 0.15) is 0 Å². The van der Waals surface area contributed by atoms with E-state index in [1.165, 1.54) is 0 Å². The summed E-state index contributed by atoms with van der Waals surface area (Å²) >= 11 is 0. The molecule has 1 aliphatic rings. The number of nitrogens with zero attached hydrogens (tertiary/aromatic N) is 3. The predicted octanol–water partition coefficient (Wildman–Crippen LogP) is 1.16. The summed E-state index contributed by atoms with van der Waals surface area (Å²) in [5.74, 6) is 0. The summed E-state index contributed by atoms with van der Waals surface area (Å²) in [6.07, 6.45) is 0. The average molecular weight is 264 g/mol. The molecule has 0 radical (unpaired) electrons. The Bertz CT molecular complexity index is 456. The summed E-state index contributed by atoms with van der Waals surface area (Å²) in [5.41, 5.74) is 5.27. The second kappa shape index (κ2) is 6.10. The van der Waals surface area contributed by atoms with Crippen molar-refractivity contribution in [2.45, 2.75) is 13.5 Å². The topological polar surface area (TPSA) is 61.6 Å². The largest absolute Gasteiger partial charge is 0.304 e. The predicted molar refractivity (Wildman–Crippen MR) is 73.7 cm³/mol. The van der Waals surface area contributed by atoms with E-state index in [1.54, 1.807) is 19.1 Å². The van der Waals surface area contributed by atoms with Crippen molar-refractivity contribution in [1.82, 2.24) is 15.3 Å². The molecule has 0 saturated carbocycles. The monoisotopic (exact) mass is 264 g/mol. The second-order valence-corrected chi connectivity index (χ2v) is 4.94. The Labute approximate surface area is 113 Å². The molecular formula is C13H20N4O2. The quantitative estimate of drug-likeness (QED) is 0.653. The van der Waals surface area contributed by atoms with Gasteiger partial charge in [-0.2, -0.15) is 0 Å². The van der Waals surface area contributed by atoms with Crippen molar-refractivity contribution in [1.29, 1.82) is 0 Å². The summed E-state index contributed by atoms with van der Waals surface area (Å²) in [6, 6.07) is 5.23. The molecule has 1 fully saturated rings. The minimum absolute atomic E-state index is 0.192. The molecule has 0 aromatic heterocycles. The second-order valence-electron chi connectivity index (χ2n) is 4.94. The van der Waals surface area contributed by atoms with E-state index < -0.39 is 0 Å². The summed E-state index contributed by atoms with van der Waals surface area (Å²) in [6.45, 7) is 6.48. The fraction of sp³-hybridized carbons (Fsp3) is 0.538. The first kappa shape index (κ1) is 13.9. The normalized spacial score (nSPS) is 17.6. The molecule has 1 N–H and O–H groups in total. The molecule has 19 heavy (non-hydrogen) atoms. The molecule has 0 atom stereocenters. The molecule has 6 nitrogen and oxygen atoms in total. The van der Waals surface area contributed by atoms with Crippen LogP contribution in [0.3, 0.4) is 0 Å². The van der Waals surface area contributed by atoms with Gasteiger partial charge in [-0.15, -0.1) is 0 Å². The summed E-state index contributed by atoms with van der Waals surface area (Å²) < 4.78 is 0. The number of nitrogens with one attached hydrogen (secondary N) is 1. The molecule has 1 heterocycles. The zero-order valence-electron chi connectivity index (χ0n) is 11.4. The molecule has 1 saturated heterocycles. The summed E-state index contributed by atoms with van der Waals surface area (Å²) in [4.78, 5) is 12.8. The van der Waals surface area contributed by atoms with Gasteiger partial charge in [0.25, 0.3) is 5.69 Å². The Hall–Kier alpha value is -1.50. The van der Waals surface area contributed by atoms with Crippen LogP contribution in [0, 0.1) is 17.0 Å². The molecule has 0 spiro atoms. The van der Waals surface area contributed by atoms with Crippen molar-refractivity contribution in [3.05, 3.63) is 39.4 Å². The standard InChI is InChI=1S/C13H20N4O2/c1-11-12(4-3-5-13(11)17(18)19)10-14-16-8-6-15(2)7-9-16/h3-5,14H,6-10H2,1-2H3. The van der Waals surface area contributed by atoms with Crippen LogP contribution >= 0.6 is 0 Å². The highest BCUT2D eigenvalue weighted by Gasteiger charge is 2.16. The molecule has 1 aromatic rings. The lowest BCUT2D eigenvalue weighted by atomic mass is 10.1. The molecule has 0 unspecified atom stereocenters. The van der Waals surface area contributed by atoms with Crippen LogP contribution in [0.2, 0.25) is 0 Å². The number of likely N-dealkylation sites (N-methyl/N-ethyl adjacent to an activating group) is 1. The first-order chi connectivity index (χ1) is 9.08. The molecule has 2 rings (SSSR count).